The molecule has 1 saturated heterocycles. The van der Waals surface area contributed by atoms with Crippen LogP contribution in [0.25, 0.3) is 0 Å². The molecule has 1 aliphatic rings. The quantitative estimate of drug-likeness (QED) is 0.781. The lowest BCUT2D eigenvalue weighted by Gasteiger charge is -2.22. The molecule has 0 aromatic carbocycles. The van der Waals surface area contributed by atoms with Gasteiger partial charge in [-0.25, -0.2) is 19.9 Å². The Morgan fingerprint density at radius 3 is 2.84 bits per heavy atom. The highest BCUT2D eigenvalue weighted by molar-refractivity contribution is 5.90. The van der Waals surface area contributed by atoms with Gasteiger partial charge in [0.15, 0.2) is 5.82 Å². The molecule has 0 radical (unpaired) electrons. The maximum absolute atomic E-state index is 12.3. The van der Waals surface area contributed by atoms with Crippen LogP contribution in [0.4, 0.5) is 0 Å². The van der Waals surface area contributed by atoms with Gasteiger partial charge in [-0.3, -0.25) is 9.78 Å². The van der Waals surface area contributed by atoms with Crippen molar-refractivity contribution in [2.24, 2.45) is 0 Å². The van der Waals surface area contributed by atoms with E-state index in [0.29, 0.717) is 12.4 Å². The third-order valence-electron chi connectivity index (χ3n) is 3.10. The summed E-state index contributed by atoms with van der Waals surface area (Å²) < 4.78 is 0. The van der Waals surface area contributed by atoms with Crippen molar-refractivity contribution < 1.29 is 4.79 Å². The fraction of sp³-hybridized carbons (Fsp3) is 0.364. The van der Waals surface area contributed by atoms with Crippen LogP contribution in [0.1, 0.15) is 35.3 Å². The first-order chi connectivity index (χ1) is 9.25. The number of carbonyl (C=O) groups is 1. The molecule has 3 rings (SSSR count). The van der Waals surface area contributed by atoms with Gasteiger partial charge in [0.2, 0.25) is 5.82 Å². The average molecular weight is 260 g/mol. The molecule has 1 atom stereocenters. The van der Waals surface area contributed by atoms with E-state index in [-0.39, 0.29) is 17.8 Å². The van der Waals surface area contributed by atoms with Crippen molar-refractivity contribution in [3.05, 3.63) is 40.6 Å². The molecule has 0 aliphatic carbocycles. The van der Waals surface area contributed by atoms with Crippen molar-refractivity contribution in [3.63, 3.8) is 0 Å². The first kappa shape index (κ1) is 11.6. The Labute approximate surface area is 107 Å². The maximum atomic E-state index is 12.3. The topological polar surface area (TPSA) is 108 Å². The zero-order valence-electron chi connectivity index (χ0n) is 10.0. The molecular weight excluding hydrogens is 248 g/mol. The second-order valence-electron chi connectivity index (χ2n) is 4.29. The average Bonchev–Trinajstić information content (AvgIpc) is 3.07. The number of aromatic nitrogens is 5. The van der Waals surface area contributed by atoms with Crippen LogP contribution in [0.3, 0.4) is 0 Å². The summed E-state index contributed by atoms with van der Waals surface area (Å²) in [6.45, 7) is 0.608. The Balaban J connectivity index is 1.88. The predicted octanol–water partition coefficient (Wildman–Crippen LogP) is -0.135. The van der Waals surface area contributed by atoms with E-state index >= 15 is 0 Å². The Kier molecular flexibility index (Phi) is 2.82. The highest BCUT2D eigenvalue weighted by atomic mass is 16.2. The number of nitrogens with one attached hydrogen (secondary N) is 2. The van der Waals surface area contributed by atoms with Crippen LogP contribution in [0, 0.1) is 0 Å². The molecule has 1 fully saturated rings. The number of hydrogen-bond donors (Lipinski definition) is 2. The molecule has 8 nitrogen and oxygen atoms in total. The van der Waals surface area contributed by atoms with Crippen LogP contribution in [0.5, 0.6) is 0 Å². The van der Waals surface area contributed by atoms with Crippen molar-refractivity contribution in [2.75, 3.05) is 6.54 Å². The molecule has 1 aliphatic heterocycles. The molecule has 19 heavy (non-hydrogen) atoms. The summed E-state index contributed by atoms with van der Waals surface area (Å²) in [5, 5.41) is 5.85. The highest BCUT2D eigenvalue weighted by Crippen LogP contribution is 2.30. The fourth-order valence-corrected chi connectivity index (χ4v) is 2.27. The van der Waals surface area contributed by atoms with E-state index < -0.39 is 5.69 Å². The summed E-state index contributed by atoms with van der Waals surface area (Å²) in [5.41, 5.74) is -0.491. The number of carbonyl (C=O) groups excluding carboxylic acids is 1. The van der Waals surface area contributed by atoms with Crippen molar-refractivity contribution >= 4 is 5.91 Å². The third-order valence-corrected chi connectivity index (χ3v) is 3.10. The summed E-state index contributed by atoms with van der Waals surface area (Å²) in [5.74, 6) is 0.326. The van der Waals surface area contributed by atoms with Gasteiger partial charge in [-0.05, 0) is 18.9 Å². The minimum Gasteiger partial charge on any atom is -0.326 e. The van der Waals surface area contributed by atoms with Gasteiger partial charge in [-0.2, -0.15) is 0 Å². The van der Waals surface area contributed by atoms with Crippen LogP contribution in [-0.2, 0) is 0 Å². The number of likely N-dealkylation sites (tertiary alicyclic amines) is 1. The first-order valence-corrected chi connectivity index (χ1v) is 5.98. The summed E-state index contributed by atoms with van der Waals surface area (Å²) in [7, 11) is 0. The molecule has 1 amide bonds. The van der Waals surface area contributed by atoms with Crippen LogP contribution in [0.15, 0.2) is 23.3 Å². The van der Waals surface area contributed by atoms with E-state index in [2.05, 4.69) is 25.1 Å². The minimum absolute atomic E-state index is 0.0211. The van der Waals surface area contributed by atoms with E-state index in [1.54, 1.807) is 23.4 Å². The molecule has 8 heteroatoms. The van der Waals surface area contributed by atoms with Gasteiger partial charge in [0.05, 0.1) is 6.04 Å². The lowest BCUT2D eigenvalue weighted by molar-refractivity contribution is 0.0717. The molecule has 0 saturated carbocycles. The zero-order valence-corrected chi connectivity index (χ0v) is 10.0. The zero-order chi connectivity index (χ0) is 13.2. The fourth-order valence-electron chi connectivity index (χ4n) is 2.27. The van der Waals surface area contributed by atoms with E-state index in [1.165, 1.54) is 0 Å². The number of aromatic amines is 2. The van der Waals surface area contributed by atoms with Gasteiger partial charge in [0, 0.05) is 18.9 Å². The van der Waals surface area contributed by atoms with Crippen molar-refractivity contribution in [3.8, 4) is 0 Å². The van der Waals surface area contributed by atoms with E-state index in [9.17, 15) is 9.59 Å². The molecule has 1 unspecified atom stereocenters. The van der Waals surface area contributed by atoms with Gasteiger partial charge in [0.25, 0.3) is 5.91 Å². The Morgan fingerprint density at radius 2 is 2.16 bits per heavy atom. The van der Waals surface area contributed by atoms with E-state index in [4.69, 9.17) is 0 Å². The molecule has 98 valence electrons. The number of H-pyrrole nitrogens is 2. The number of hydrogen-bond acceptors (Lipinski definition) is 5. The molecule has 0 bridgehead atoms. The Hall–Kier alpha value is -2.51. The van der Waals surface area contributed by atoms with Gasteiger partial charge >= 0.3 is 5.69 Å². The summed E-state index contributed by atoms with van der Waals surface area (Å²) >= 11 is 0. The Bertz CT molecular complexity index is 634. The lowest BCUT2D eigenvalue weighted by atomic mass is 10.2. The molecule has 3 heterocycles. The van der Waals surface area contributed by atoms with Gasteiger partial charge in [-0.1, -0.05) is 0 Å². The molecular formula is C11H12N6O2. The van der Waals surface area contributed by atoms with Gasteiger partial charge in [-0.15, -0.1) is 5.10 Å². The number of rotatable bonds is 2. The van der Waals surface area contributed by atoms with Crippen LogP contribution in [0.2, 0.25) is 0 Å². The first-order valence-electron chi connectivity index (χ1n) is 5.98. The SMILES string of the molecule is O=C(c1n[nH]c(=O)[nH]1)N1CCCC1c1ncccn1. The Morgan fingerprint density at radius 1 is 1.37 bits per heavy atom. The normalized spacial score (nSPS) is 18.7. The van der Waals surface area contributed by atoms with Crippen LogP contribution < -0.4 is 5.69 Å². The molecule has 0 spiro atoms. The second kappa shape index (κ2) is 4.63. The summed E-state index contributed by atoms with van der Waals surface area (Å²) in [6, 6.07) is 1.57. The minimum atomic E-state index is -0.491. The maximum Gasteiger partial charge on any atom is 0.341 e. The standard InChI is InChI=1S/C11H12N6O2/c18-10(9-14-11(19)16-15-9)17-6-1-3-7(17)8-12-4-2-5-13-8/h2,4-5,7H,1,3,6H2,(H2,14,15,16,19). The smallest absolute Gasteiger partial charge is 0.326 e. The number of nitrogens with zero attached hydrogens (tertiary/aromatic N) is 4. The van der Waals surface area contributed by atoms with Gasteiger partial charge in [0.1, 0.15) is 0 Å². The van der Waals surface area contributed by atoms with Gasteiger partial charge < -0.3 is 4.90 Å². The van der Waals surface area contributed by atoms with E-state index in [1.807, 2.05) is 0 Å². The summed E-state index contributed by atoms with van der Waals surface area (Å²) in [6.07, 6.45) is 4.99. The second-order valence-corrected chi connectivity index (χ2v) is 4.29. The molecule has 2 aromatic heterocycles. The van der Waals surface area contributed by atoms with Crippen LogP contribution >= 0.6 is 0 Å². The van der Waals surface area contributed by atoms with Crippen molar-refractivity contribution in [1.82, 2.24) is 30.0 Å². The van der Waals surface area contributed by atoms with E-state index in [0.717, 1.165) is 12.8 Å². The molecule has 2 aromatic rings. The van der Waals surface area contributed by atoms with Crippen molar-refractivity contribution in [1.29, 1.82) is 0 Å². The summed E-state index contributed by atoms with van der Waals surface area (Å²) in [4.78, 5) is 35.6. The highest BCUT2D eigenvalue weighted by Gasteiger charge is 2.33. The monoisotopic (exact) mass is 260 g/mol. The number of amides is 1. The lowest BCUT2D eigenvalue weighted by Crippen LogP contribution is -2.32. The van der Waals surface area contributed by atoms with Crippen LogP contribution in [-0.4, -0.2) is 42.5 Å². The van der Waals surface area contributed by atoms with Crippen molar-refractivity contribution in [2.45, 2.75) is 18.9 Å². The third kappa shape index (κ3) is 2.12. The molecule has 2 N–H and O–H groups in total. The predicted molar refractivity (Wildman–Crippen MR) is 64.3 cm³/mol. The largest absolute Gasteiger partial charge is 0.341 e.